The minimum absolute atomic E-state index is 0.0144. The van der Waals surface area contributed by atoms with Gasteiger partial charge in [0.15, 0.2) is 0 Å². The van der Waals surface area contributed by atoms with E-state index < -0.39 is 22.4 Å². The molecule has 9 heteroatoms. The highest BCUT2D eigenvalue weighted by Gasteiger charge is 2.34. The van der Waals surface area contributed by atoms with Crippen molar-refractivity contribution in [1.29, 1.82) is 0 Å². The molecule has 1 N–H and O–H groups in total. The minimum atomic E-state index is -4.64. The van der Waals surface area contributed by atoms with Crippen LogP contribution in [0.2, 0.25) is 0 Å². The Kier molecular flexibility index (Phi) is 5.42. The Morgan fingerprint density at radius 2 is 2.26 bits per heavy atom. The molecule has 0 saturated carbocycles. The Hall–Kier alpha value is -1.87. The second kappa shape index (κ2) is 7.14. The molecule has 0 unspecified atom stereocenters. The van der Waals surface area contributed by atoms with Gasteiger partial charge in [-0.25, -0.2) is 0 Å². The number of hydrogen-bond donors (Lipinski definition) is 1. The van der Waals surface area contributed by atoms with Crippen LogP contribution in [-0.4, -0.2) is 37.4 Å². The average Bonchev–Trinajstić information content (AvgIpc) is 2.99. The molecule has 0 bridgehead atoms. The minimum Gasteiger partial charge on any atom is -0.382 e. The molecule has 2 rings (SSSR count). The Morgan fingerprint density at radius 3 is 2.78 bits per heavy atom. The summed E-state index contributed by atoms with van der Waals surface area (Å²) < 4.78 is 48.7. The largest absolute Gasteiger partial charge is 0.416 e. The maximum atomic E-state index is 12.7. The summed E-state index contributed by atoms with van der Waals surface area (Å²) in [6.45, 7) is 0.810. The number of nitrogens with zero attached hydrogens (tertiary/aromatic N) is 1. The highest BCUT2D eigenvalue weighted by molar-refractivity contribution is 5.63. The van der Waals surface area contributed by atoms with Gasteiger partial charge in [0.25, 0.3) is 5.69 Å². The highest BCUT2D eigenvalue weighted by atomic mass is 19.4. The summed E-state index contributed by atoms with van der Waals surface area (Å²) in [4.78, 5) is 10.3. The van der Waals surface area contributed by atoms with E-state index in [2.05, 4.69) is 5.32 Å². The van der Waals surface area contributed by atoms with E-state index >= 15 is 0 Å². The second-order valence-electron chi connectivity index (χ2n) is 5.24. The van der Waals surface area contributed by atoms with E-state index in [0.29, 0.717) is 12.7 Å². The molecule has 23 heavy (non-hydrogen) atoms. The summed E-state index contributed by atoms with van der Waals surface area (Å²) in [5.41, 5.74) is -1.67. The highest BCUT2D eigenvalue weighted by Crippen LogP contribution is 2.35. The molecule has 128 valence electrons. The number of anilines is 1. The molecule has 0 aliphatic carbocycles. The predicted molar refractivity (Wildman–Crippen MR) is 76.4 cm³/mol. The number of nitrogens with one attached hydrogen (secondary N) is 1. The molecule has 0 aromatic heterocycles. The van der Waals surface area contributed by atoms with Crippen LogP contribution in [0.25, 0.3) is 0 Å². The lowest BCUT2D eigenvalue weighted by Gasteiger charge is -2.24. The van der Waals surface area contributed by atoms with Gasteiger partial charge in [-0.2, -0.15) is 13.2 Å². The van der Waals surface area contributed by atoms with Crippen molar-refractivity contribution >= 4 is 11.4 Å². The van der Waals surface area contributed by atoms with Gasteiger partial charge in [-0.15, -0.1) is 0 Å². The van der Waals surface area contributed by atoms with Crippen LogP contribution in [0.3, 0.4) is 0 Å². The zero-order chi connectivity index (χ0) is 17.0. The first kappa shape index (κ1) is 17.5. The fourth-order valence-corrected chi connectivity index (χ4v) is 2.52. The lowest BCUT2D eigenvalue weighted by atomic mass is 10.1. The summed E-state index contributed by atoms with van der Waals surface area (Å²) in [6, 6.07) is 2.03. The topological polar surface area (TPSA) is 73.6 Å². The van der Waals surface area contributed by atoms with E-state index in [1.807, 2.05) is 0 Å². The Balaban J connectivity index is 2.27. The summed E-state index contributed by atoms with van der Waals surface area (Å²) >= 11 is 0. The SMILES string of the molecule is COC[C@H](Nc1ccc(C(F)(F)F)cc1[N+](=O)[O-])[C@@H]1CCCO1. The molecule has 1 heterocycles. The molecule has 1 aliphatic heterocycles. The standard InChI is InChI=1S/C14H17F3N2O4/c1-22-8-11(13-3-2-6-23-13)18-10-5-4-9(14(15,16)17)7-12(10)19(20)21/h4-5,7,11,13,18H,2-3,6,8H2,1H3/t11-,13-/m0/s1. The number of benzene rings is 1. The molecular weight excluding hydrogens is 317 g/mol. The van der Waals surface area contributed by atoms with Crippen LogP contribution in [0.15, 0.2) is 18.2 Å². The molecular formula is C14H17F3N2O4. The first-order chi connectivity index (χ1) is 10.8. The average molecular weight is 334 g/mol. The molecule has 1 aromatic carbocycles. The fraction of sp³-hybridized carbons (Fsp3) is 0.571. The Bertz CT molecular complexity index is 559. The second-order valence-corrected chi connectivity index (χ2v) is 5.24. The third-order valence-electron chi connectivity index (χ3n) is 3.62. The van der Waals surface area contributed by atoms with Gasteiger partial charge in [0, 0.05) is 19.8 Å². The van der Waals surface area contributed by atoms with Gasteiger partial charge in [0.2, 0.25) is 0 Å². The van der Waals surface area contributed by atoms with Crippen molar-refractivity contribution in [3.63, 3.8) is 0 Å². The third kappa shape index (κ3) is 4.32. The van der Waals surface area contributed by atoms with Gasteiger partial charge in [-0.1, -0.05) is 0 Å². The van der Waals surface area contributed by atoms with E-state index in [-0.39, 0.29) is 24.4 Å². The van der Waals surface area contributed by atoms with E-state index in [9.17, 15) is 23.3 Å². The van der Waals surface area contributed by atoms with Crippen molar-refractivity contribution < 1.29 is 27.6 Å². The van der Waals surface area contributed by atoms with Crippen LogP contribution in [0.5, 0.6) is 0 Å². The summed E-state index contributed by atoms with van der Waals surface area (Å²) in [6.07, 6.45) is -3.21. The number of nitro groups is 1. The van der Waals surface area contributed by atoms with Crippen molar-refractivity contribution in [3.05, 3.63) is 33.9 Å². The van der Waals surface area contributed by atoms with Crippen molar-refractivity contribution in [2.24, 2.45) is 0 Å². The third-order valence-corrected chi connectivity index (χ3v) is 3.62. The zero-order valence-corrected chi connectivity index (χ0v) is 12.4. The molecule has 6 nitrogen and oxygen atoms in total. The molecule has 0 amide bonds. The molecule has 1 aliphatic rings. The molecule has 0 radical (unpaired) electrons. The monoisotopic (exact) mass is 334 g/mol. The summed E-state index contributed by atoms with van der Waals surface area (Å²) in [5, 5.41) is 14.0. The maximum absolute atomic E-state index is 12.7. The molecule has 1 fully saturated rings. The van der Waals surface area contributed by atoms with Gasteiger partial charge in [0.1, 0.15) is 5.69 Å². The van der Waals surface area contributed by atoms with Gasteiger partial charge < -0.3 is 14.8 Å². The fourth-order valence-electron chi connectivity index (χ4n) is 2.52. The molecule has 2 atom stereocenters. The number of nitro benzene ring substituents is 1. The summed E-state index contributed by atoms with van der Waals surface area (Å²) in [5.74, 6) is 0. The quantitative estimate of drug-likeness (QED) is 0.639. The summed E-state index contributed by atoms with van der Waals surface area (Å²) in [7, 11) is 1.48. The number of rotatable bonds is 6. The van der Waals surface area contributed by atoms with E-state index in [4.69, 9.17) is 9.47 Å². The van der Waals surface area contributed by atoms with Crippen LogP contribution in [-0.2, 0) is 15.7 Å². The van der Waals surface area contributed by atoms with Crippen molar-refractivity contribution in [1.82, 2.24) is 0 Å². The number of methoxy groups -OCH3 is 1. The Labute approximate surface area is 130 Å². The zero-order valence-electron chi connectivity index (χ0n) is 12.4. The van der Waals surface area contributed by atoms with E-state index in [0.717, 1.165) is 25.0 Å². The first-order valence-electron chi connectivity index (χ1n) is 7.05. The number of halogens is 3. The van der Waals surface area contributed by atoms with Crippen molar-refractivity contribution in [3.8, 4) is 0 Å². The molecule has 0 spiro atoms. The van der Waals surface area contributed by atoms with E-state index in [1.165, 1.54) is 7.11 Å². The Morgan fingerprint density at radius 1 is 1.52 bits per heavy atom. The molecule has 1 aromatic rings. The first-order valence-corrected chi connectivity index (χ1v) is 7.05. The lowest BCUT2D eigenvalue weighted by molar-refractivity contribution is -0.384. The van der Waals surface area contributed by atoms with Gasteiger partial charge >= 0.3 is 6.18 Å². The smallest absolute Gasteiger partial charge is 0.382 e. The van der Waals surface area contributed by atoms with Crippen molar-refractivity contribution in [2.75, 3.05) is 25.6 Å². The lowest BCUT2D eigenvalue weighted by Crippen LogP contribution is -2.37. The molecule has 1 saturated heterocycles. The van der Waals surface area contributed by atoms with Crippen molar-refractivity contribution in [2.45, 2.75) is 31.2 Å². The van der Waals surface area contributed by atoms with E-state index in [1.54, 1.807) is 0 Å². The van der Waals surface area contributed by atoms with Crippen LogP contribution in [0.1, 0.15) is 18.4 Å². The predicted octanol–water partition coefficient (Wildman–Crippen LogP) is 3.22. The van der Waals surface area contributed by atoms with Gasteiger partial charge in [-0.3, -0.25) is 10.1 Å². The number of hydrogen-bond acceptors (Lipinski definition) is 5. The maximum Gasteiger partial charge on any atom is 0.416 e. The van der Waals surface area contributed by atoms with Gasteiger partial charge in [-0.05, 0) is 25.0 Å². The van der Waals surface area contributed by atoms with Crippen LogP contribution in [0.4, 0.5) is 24.5 Å². The van der Waals surface area contributed by atoms with Crippen LogP contribution < -0.4 is 5.32 Å². The number of ether oxygens (including phenoxy) is 2. The number of alkyl halides is 3. The van der Waals surface area contributed by atoms with Gasteiger partial charge in [0.05, 0.1) is 29.2 Å². The van der Waals surface area contributed by atoms with Crippen LogP contribution in [0, 0.1) is 10.1 Å². The van der Waals surface area contributed by atoms with Crippen LogP contribution >= 0.6 is 0 Å². The normalized spacial score (nSPS) is 19.6.